The molecule has 348 valence electrons. The molecule has 2 unspecified atom stereocenters. The zero-order valence-corrected chi connectivity index (χ0v) is 39.2. The Labute approximate surface area is 372 Å². The fraction of sp³-hybridized carbons (Fsp3) is 0.647. The van der Waals surface area contributed by atoms with E-state index in [-0.39, 0.29) is 32.1 Å². The predicted molar refractivity (Wildman–Crippen MR) is 256 cm³/mol. The van der Waals surface area contributed by atoms with Gasteiger partial charge in [-0.25, -0.2) is 4.57 Å². The van der Waals surface area contributed by atoms with Crippen molar-refractivity contribution < 1.29 is 37.9 Å². The Kier molecular flexibility index (Phi) is 44.1. The highest BCUT2D eigenvalue weighted by molar-refractivity contribution is 7.47. The number of ether oxygens (including phenoxy) is 1. The molecule has 0 aromatic heterocycles. The monoisotopic (exact) mass is 872 g/mol. The minimum Gasteiger partial charge on any atom is -0.463 e. The van der Waals surface area contributed by atoms with Crippen LogP contribution in [-0.4, -0.2) is 54.3 Å². The lowest BCUT2D eigenvalue weighted by molar-refractivity contribution is -0.146. The zero-order chi connectivity index (χ0) is 44.6. The molecular formula is C51H86NO8P. The number of esters is 1. The summed E-state index contributed by atoms with van der Waals surface area (Å²) in [6, 6.07) is 0. The maximum atomic E-state index is 12.1. The average Bonchev–Trinajstić information content (AvgIpc) is 3.25. The number of unbranched alkanes of at least 4 members (excludes halogenated alkanes) is 15. The van der Waals surface area contributed by atoms with Gasteiger partial charge >= 0.3 is 13.8 Å². The quantitative estimate of drug-likeness (QED) is 0.0239. The van der Waals surface area contributed by atoms with Gasteiger partial charge < -0.3 is 20.1 Å². The highest BCUT2D eigenvalue weighted by Gasteiger charge is 2.23. The number of aliphatic hydroxyl groups is 1. The molecule has 0 fully saturated rings. The number of phosphoric ester groups is 1. The van der Waals surface area contributed by atoms with E-state index in [1.807, 2.05) is 12.2 Å². The van der Waals surface area contributed by atoms with Crippen molar-refractivity contribution >= 4 is 19.7 Å². The summed E-state index contributed by atoms with van der Waals surface area (Å²) in [6.07, 6.45) is 60.8. The van der Waals surface area contributed by atoms with Gasteiger partial charge in [0.25, 0.3) is 0 Å². The molecule has 3 N–H and O–H groups in total. The van der Waals surface area contributed by atoms with Crippen LogP contribution in [0, 0.1) is 0 Å². The van der Waals surface area contributed by atoms with E-state index >= 15 is 0 Å². The molecule has 2 atom stereocenters. The molecule has 0 aromatic carbocycles. The van der Waals surface area contributed by atoms with Crippen LogP contribution in [0.4, 0.5) is 0 Å². The molecule has 0 saturated carbocycles. The summed E-state index contributed by atoms with van der Waals surface area (Å²) in [4.78, 5) is 33.9. The second-order valence-corrected chi connectivity index (χ2v) is 16.8. The van der Waals surface area contributed by atoms with Gasteiger partial charge in [-0.3, -0.25) is 18.6 Å². The minimum absolute atomic E-state index is 0.0432. The third-order valence-corrected chi connectivity index (χ3v) is 10.5. The summed E-state index contributed by atoms with van der Waals surface area (Å²) >= 11 is 0. The zero-order valence-electron chi connectivity index (χ0n) is 38.3. The highest BCUT2D eigenvalue weighted by atomic mass is 31.2. The lowest BCUT2D eigenvalue weighted by Crippen LogP contribution is -2.27. The van der Waals surface area contributed by atoms with Gasteiger partial charge in [0.15, 0.2) is 0 Å². The van der Waals surface area contributed by atoms with E-state index in [9.17, 15) is 24.2 Å². The first-order valence-electron chi connectivity index (χ1n) is 23.7. The van der Waals surface area contributed by atoms with Crippen LogP contribution >= 0.6 is 7.82 Å². The van der Waals surface area contributed by atoms with Crippen molar-refractivity contribution in [3.05, 3.63) is 97.2 Å². The van der Waals surface area contributed by atoms with Gasteiger partial charge in [0.1, 0.15) is 12.7 Å². The molecular weight excluding hydrogens is 786 g/mol. The number of aliphatic hydroxyl groups excluding tert-OH is 1. The predicted octanol–water partition coefficient (Wildman–Crippen LogP) is 13.8. The second-order valence-electron chi connectivity index (χ2n) is 15.4. The Hall–Kier alpha value is -3.07. The normalized spacial score (nSPS) is 14.1. The topological polar surface area (TPSA) is 131 Å². The molecule has 0 rings (SSSR count). The van der Waals surface area contributed by atoms with Gasteiger partial charge in [-0.15, -0.1) is 0 Å². The van der Waals surface area contributed by atoms with E-state index in [2.05, 4.69) is 98.2 Å². The number of amides is 1. The molecule has 1 amide bonds. The Morgan fingerprint density at radius 1 is 0.541 bits per heavy atom. The van der Waals surface area contributed by atoms with Crippen LogP contribution in [0.5, 0.6) is 0 Å². The number of nitrogens with one attached hydrogen (secondary N) is 1. The summed E-state index contributed by atoms with van der Waals surface area (Å²) < 4.78 is 26.8. The van der Waals surface area contributed by atoms with Crippen LogP contribution in [0.25, 0.3) is 0 Å². The van der Waals surface area contributed by atoms with Crippen molar-refractivity contribution in [1.29, 1.82) is 0 Å². The number of carbonyl (C=O) groups is 2. The van der Waals surface area contributed by atoms with E-state index in [4.69, 9.17) is 13.8 Å². The summed E-state index contributed by atoms with van der Waals surface area (Å²) in [5.41, 5.74) is 0. The van der Waals surface area contributed by atoms with Crippen LogP contribution in [0.1, 0.15) is 181 Å². The fourth-order valence-corrected chi connectivity index (χ4v) is 6.75. The van der Waals surface area contributed by atoms with Crippen molar-refractivity contribution in [2.45, 2.75) is 187 Å². The lowest BCUT2D eigenvalue weighted by Gasteiger charge is -2.15. The van der Waals surface area contributed by atoms with Crippen molar-refractivity contribution in [2.24, 2.45) is 0 Å². The van der Waals surface area contributed by atoms with Crippen molar-refractivity contribution in [3.63, 3.8) is 0 Å². The largest absolute Gasteiger partial charge is 0.472 e. The van der Waals surface area contributed by atoms with Crippen LogP contribution in [0.2, 0.25) is 0 Å². The second kappa shape index (κ2) is 46.4. The standard InChI is InChI=1S/C51H86NO8P/c1-3-5-7-9-11-13-15-17-19-21-23-24-26-28-30-32-34-36-38-40-42-44-51(55)58-47-49(53)48-60-61(56,57)59-46-45-52-50(54)43-41-39-37-35-33-31-29-27-25-22-20-18-16-14-12-10-8-6-4-2/h5,7,11,13,17-20,23-24,28,30,34,36,40,42,49,53H,3-4,6,8-10,12,14-16,21-22,25-27,29,31-33,35,37-39,41,43-48H2,1-2H3,(H,52,54)(H,56,57)/b7-5-,13-11-,19-17-,20-18+,24-23-,30-28-,36-34-,42-40-. The smallest absolute Gasteiger partial charge is 0.463 e. The Morgan fingerprint density at radius 3 is 1.44 bits per heavy atom. The van der Waals surface area contributed by atoms with Crippen LogP contribution in [-0.2, 0) is 27.9 Å². The molecule has 9 nitrogen and oxygen atoms in total. The maximum absolute atomic E-state index is 12.1. The molecule has 0 saturated heterocycles. The van der Waals surface area contributed by atoms with Crippen molar-refractivity contribution in [2.75, 3.05) is 26.4 Å². The highest BCUT2D eigenvalue weighted by Crippen LogP contribution is 2.42. The van der Waals surface area contributed by atoms with Crippen molar-refractivity contribution in [1.82, 2.24) is 5.32 Å². The number of carbonyl (C=O) groups excluding carboxylic acids is 2. The van der Waals surface area contributed by atoms with Gasteiger partial charge in [0.2, 0.25) is 5.91 Å². The van der Waals surface area contributed by atoms with Gasteiger partial charge in [-0.05, 0) is 77.0 Å². The first-order valence-corrected chi connectivity index (χ1v) is 25.2. The van der Waals surface area contributed by atoms with Gasteiger partial charge in [0, 0.05) is 13.0 Å². The molecule has 0 spiro atoms. The van der Waals surface area contributed by atoms with E-state index in [0.717, 1.165) is 57.8 Å². The van der Waals surface area contributed by atoms with E-state index in [0.29, 0.717) is 12.8 Å². The Bertz CT molecular complexity index is 1320. The summed E-state index contributed by atoms with van der Waals surface area (Å²) in [5.74, 6) is -0.658. The van der Waals surface area contributed by atoms with E-state index in [1.54, 1.807) is 6.08 Å². The van der Waals surface area contributed by atoms with Gasteiger partial charge in [-0.1, -0.05) is 188 Å². The summed E-state index contributed by atoms with van der Waals surface area (Å²) in [7, 11) is -4.45. The molecule has 0 aliphatic rings. The first kappa shape index (κ1) is 57.9. The Morgan fingerprint density at radius 2 is 0.967 bits per heavy atom. The SMILES string of the molecule is CC/C=C\C/C=C\C/C=C\C/C=C\C/C=C\C/C=C\C/C=C\CC(=O)OCC(O)COP(=O)(O)OCCNC(=O)CCCCCCCCCCC/C=C/CCCCCCCC. The van der Waals surface area contributed by atoms with Crippen LogP contribution in [0.3, 0.4) is 0 Å². The molecule has 0 aliphatic carbocycles. The number of phosphoric acid groups is 1. The molecule has 0 bridgehead atoms. The van der Waals surface area contributed by atoms with Gasteiger partial charge in [-0.2, -0.15) is 0 Å². The third kappa shape index (κ3) is 47.8. The maximum Gasteiger partial charge on any atom is 0.472 e. The molecule has 0 radical (unpaired) electrons. The minimum atomic E-state index is -4.45. The molecule has 61 heavy (non-hydrogen) atoms. The first-order chi connectivity index (χ1) is 29.8. The van der Waals surface area contributed by atoms with Crippen LogP contribution < -0.4 is 5.32 Å². The average molecular weight is 872 g/mol. The summed E-state index contributed by atoms with van der Waals surface area (Å²) in [5, 5.41) is 12.7. The molecule has 0 aromatic rings. The fourth-order valence-electron chi connectivity index (χ4n) is 5.99. The molecule has 0 heterocycles. The number of hydrogen-bond acceptors (Lipinski definition) is 7. The number of hydrogen-bond donors (Lipinski definition) is 3. The van der Waals surface area contributed by atoms with Crippen LogP contribution in [0.15, 0.2) is 97.2 Å². The number of rotatable bonds is 43. The van der Waals surface area contributed by atoms with E-state index < -0.39 is 26.5 Å². The van der Waals surface area contributed by atoms with Gasteiger partial charge in [0.05, 0.1) is 19.6 Å². The lowest BCUT2D eigenvalue weighted by atomic mass is 10.1. The Balaban J connectivity index is 3.72. The van der Waals surface area contributed by atoms with E-state index in [1.165, 1.54) is 89.9 Å². The summed E-state index contributed by atoms with van der Waals surface area (Å²) in [6.45, 7) is 3.31. The molecule has 10 heteroatoms. The van der Waals surface area contributed by atoms with Crippen molar-refractivity contribution in [3.8, 4) is 0 Å². The molecule has 0 aliphatic heterocycles. The number of allylic oxidation sites excluding steroid dienone is 15. The third-order valence-electron chi connectivity index (χ3n) is 9.53.